The summed E-state index contributed by atoms with van der Waals surface area (Å²) in [4.78, 5) is 33.7. The molecule has 0 aromatic carbocycles. The number of aromatic nitrogens is 1. The van der Waals surface area contributed by atoms with Gasteiger partial charge in [0.25, 0.3) is 0 Å². The number of nitrogens with zero attached hydrogens (tertiary/aromatic N) is 3. The molecule has 1 aromatic heterocycles. The summed E-state index contributed by atoms with van der Waals surface area (Å²) in [6, 6.07) is 4.19. The second kappa shape index (κ2) is 9.06. The number of carbonyl (C=O) groups is 2. The standard InChI is InChI=1S/C23H33N3O2/c27-22-7-6-21(17-26(22)16-18-4-2-1-3-5-18)23(28)25-14-10-20(11-15-25)19-8-12-24-13-9-19/h8-9,12-13,18,20-21H,1-7,10-11,14-17H2/t21-/m0/s1. The van der Waals surface area contributed by atoms with Crippen molar-refractivity contribution >= 4 is 11.8 Å². The molecule has 5 nitrogen and oxygen atoms in total. The Kier molecular flexibility index (Phi) is 6.28. The van der Waals surface area contributed by atoms with E-state index in [1.165, 1.54) is 37.7 Å². The van der Waals surface area contributed by atoms with Gasteiger partial charge in [0.15, 0.2) is 0 Å². The second-order valence-corrected chi connectivity index (χ2v) is 8.92. The van der Waals surface area contributed by atoms with Crippen molar-refractivity contribution in [1.82, 2.24) is 14.8 Å². The Morgan fingerprint density at radius 1 is 1.00 bits per heavy atom. The highest BCUT2D eigenvalue weighted by Gasteiger charge is 2.35. The molecule has 2 aliphatic heterocycles. The Labute approximate surface area is 168 Å². The first-order valence-electron chi connectivity index (χ1n) is 11.2. The fourth-order valence-corrected chi connectivity index (χ4v) is 5.30. The maximum atomic E-state index is 13.1. The molecular weight excluding hydrogens is 350 g/mol. The zero-order valence-electron chi connectivity index (χ0n) is 16.9. The van der Waals surface area contributed by atoms with Crippen LogP contribution in [0.4, 0.5) is 0 Å². The van der Waals surface area contributed by atoms with Crippen LogP contribution in [0.25, 0.3) is 0 Å². The highest BCUT2D eigenvalue weighted by molar-refractivity contribution is 5.84. The molecule has 0 bridgehead atoms. The third kappa shape index (κ3) is 4.56. The maximum Gasteiger partial charge on any atom is 0.227 e. The minimum absolute atomic E-state index is 0.00114. The zero-order valence-corrected chi connectivity index (χ0v) is 16.9. The summed E-state index contributed by atoms with van der Waals surface area (Å²) in [6.07, 6.45) is 13.4. The van der Waals surface area contributed by atoms with E-state index in [2.05, 4.69) is 22.0 Å². The molecule has 1 atom stereocenters. The summed E-state index contributed by atoms with van der Waals surface area (Å²) >= 11 is 0. The summed E-state index contributed by atoms with van der Waals surface area (Å²) in [5.74, 6) is 1.70. The average molecular weight is 384 g/mol. The molecule has 2 amide bonds. The number of likely N-dealkylation sites (tertiary alicyclic amines) is 2. The van der Waals surface area contributed by atoms with Crippen LogP contribution < -0.4 is 0 Å². The van der Waals surface area contributed by atoms with E-state index < -0.39 is 0 Å². The van der Waals surface area contributed by atoms with E-state index in [4.69, 9.17) is 0 Å². The number of pyridine rings is 1. The van der Waals surface area contributed by atoms with Gasteiger partial charge in [-0.05, 0) is 61.6 Å². The number of piperidine rings is 2. The number of carbonyl (C=O) groups excluding carboxylic acids is 2. The molecule has 152 valence electrons. The predicted molar refractivity (Wildman–Crippen MR) is 109 cm³/mol. The molecule has 28 heavy (non-hydrogen) atoms. The van der Waals surface area contributed by atoms with Crippen LogP contribution in [0.2, 0.25) is 0 Å². The van der Waals surface area contributed by atoms with Gasteiger partial charge in [0.1, 0.15) is 0 Å². The summed E-state index contributed by atoms with van der Waals surface area (Å²) in [5, 5.41) is 0. The van der Waals surface area contributed by atoms with Gasteiger partial charge in [0, 0.05) is 45.0 Å². The van der Waals surface area contributed by atoms with E-state index in [0.29, 0.717) is 24.8 Å². The van der Waals surface area contributed by atoms with Gasteiger partial charge in [-0.25, -0.2) is 0 Å². The molecule has 1 aliphatic carbocycles. The summed E-state index contributed by atoms with van der Waals surface area (Å²) < 4.78 is 0. The first kappa shape index (κ1) is 19.4. The average Bonchev–Trinajstić information content (AvgIpc) is 2.76. The molecule has 5 heteroatoms. The smallest absolute Gasteiger partial charge is 0.227 e. The zero-order chi connectivity index (χ0) is 19.3. The summed E-state index contributed by atoms with van der Waals surface area (Å²) in [7, 11) is 0. The van der Waals surface area contributed by atoms with Crippen LogP contribution in [-0.2, 0) is 9.59 Å². The van der Waals surface area contributed by atoms with Crippen molar-refractivity contribution in [2.24, 2.45) is 11.8 Å². The maximum absolute atomic E-state index is 13.1. The molecule has 1 saturated carbocycles. The fraction of sp³-hybridized carbons (Fsp3) is 0.696. The van der Waals surface area contributed by atoms with Crippen LogP contribution in [0.5, 0.6) is 0 Å². The highest BCUT2D eigenvalue weighted by Crippen LogP contribution is 2.30. The van der Waals surface area contributed by atoms with E-state index >= 15 is 0 Å². The van der Waals surface area contributed by atoms with Gasteiger partial charge < -0.3 is 9.80 Å². The van der Waals surface area contributed by atoms with Gasteiger partial charge in [-0.1, -0.05) is 19.3 Å². The lowest BCUT2D eigenvalue weighted by atomic mass is 9.87. The lowest BCUT2D eigenvalue weighted by Crippen LogP contribution is -2.49. The Balaban J connectivity index is 1.30. The molecule has 0 N–H and O–H groups in total. The van der Waals surface area contributed by atoms with E-state index in [1.807, 2.05) is 17.3 Å². The van der Waals surface area contributed by atoms with E-state index in [0.717, 1.165) is 38.9 Å². The molecule has 3 aliphatic rings. The summed E-state index contributed by atoms with van der Waals surface area (Å²) in [6.45, 7) is 3.17. The molecule has 0 spiro atoms. The topological polar surface area (TPSA) is 53.5 Å². The van der Waals surface area contributed by atoms with Gasteiger partial charge >= 0.3 is 0 Å². The lowest BCUT2D eigenvalue weighted by Gasteiger charge is -2.39. The minimum atomic E-state index is -0.00114. The van der Waals surface area contributed by atoms with Crippen molar-refractivity contribution in [1.29, 1.82) is 0 Å². The normalized spacial score (nSPS) is 25.1. The van der Waals surface area contributed by atoms with E-state index in [1.54, 1.807) is 0 Å². The highest BCUT2D eigenvalue weighted by atomic mass is 16.2. The van der Waals surface area contributed by atoms with Crippen molar-refractivity contribution < 1.29 is 9.59 Å². The molecule has 1 aromatic rings. The van der Waals surface area contributed by atoms with Gasteiger partial charge in [-0.3, -0.25) is 14.6 Å². The third-order valence-corrected chi connectivity index (χ3v) is 7.04. The van der Waals surface area contributed by atoms with Crippen molar-refractivity contribution in [2.75, 3.05) is 26.2 Å². The SMILES string of the molecule is O=C1CC[C@H](C(=O)N2CCC(c3ccncc3)CC2)CN1CC1CCCCC1. The first-order valence-corrected chi connectivity index (χ1v) is 11.2. The van der Waals surface area contributed by atoms with Crippen LogP contribution in [-0.4, -0.2) is 52.8 Å². The molecular formula is C23H33N3O2. The van der Waals surface area contributed by atoms with E-state index in [9.17, 15) is 9.59 Å². The number of hydrogen-bond donors (Lipinski definition) is 0. The number of amides is 2. The van der Waals surface area contributed by atoms with Crippen molar-refractivity contribution in [3.8, 4) is 0 Å². The third-order valence-electron chi connectivity index (χ3n) is 7.04. The molecule has 3 fully saturated rings. The number of hydrogen-bond acceptors (Lipinski definition) is 3. The van der Waals surface area contributed by atoms with Crippen LogP contribution in [0, 0.1) is 11.8 Å². The van der Waals surface area contributed by atoms with Crippen LogP contribution in [0.3, 0.4) is 0 Å². The lowest BCUT2D eigenvalue weighted by molar-refractivity contribution is -0.144. The van der Waals surface area contributed by atoms with Gasteiger partial charge in [-0.15, -0.1) is 0 Å². The number of rotatable bonds is 4. The van der Waals surface area contributed by atoms with Crippen LogP contribution >= 0.6 is 0 Å². The first-order chi connectivity index (χ1) is 13.7. The van der Waals surface area contributed by atoms with Crippen molar-refractivity contribution in [3.05, 3.63) is 30.1 Å². The minimum Gasteiger partial charge on any atom is -0.342 e. The van der Waals surface area contributed by atoms with Crippen molar-refractivity contribution in [3.63, 3.8) is 0 Å². The fourth-order valence-electron chi connectivity index (χ4n) is 5.30. The van der Waals surface area contributed by atoms with Crippen LogP contribution in [0.15, 0.2) is 24.5 Å². The predicted octanol–water partition coefficient (Wildman–Crippen LogP) is 3.61. The molecule has 0 radical (unpaired) electrons. The second-order valence-electron chi connectivity index (χ2n) is 8.92. The van der Waals surface area contributed by atoms with Gasteiger partial charge in [0.05, 0.1) is 5.92 Å². The van der Waals surface area contributed by atoms with Crippen molar-refractivity contribution in [2.45, 2.75) is 63.7 Å². The molecule has 2 saturated heterocycles. The van der Waals surface area contributed by atoms with E-state index in [-0.39, 0.29) is 17.7 Å². The monoisotopic (exact) mass is 383 g/mol. The molecule has 0 unspecified atom stereocenters. The Morgan fingerprint density at radius 3 is 2.43 bits per heavy atom. The molecule has 4 rings (SSSR count). The Hall–Kier alpha value is -1.91. The Morgan fingerprint density at radius 2 is 1.71 bits per heavy atom. The van der Waals surface area contributed by atoms with Crippen LogP contribution in [0.1, 0.15) is 69.3 Å². The quantitative estimate of drug-likeness (QED) is 0.798. The van der Waals surface area contributed by atoms with Gasteiger partial charge in [-0.2, -0.15) is 0 Å². The summed E-state index contributed by atoms with van der Waals surface area (Å²) in [5.41, 5.74) is 1.34. The van der Waals surface area contributed by atoms with Gasteiger partial charge in [0.2, 0.25) is 11.8 Å². The largest absolute Gasteiger partial charge is 0.342 e. The Bertz CT molecular complexity index is 664. The molecule has 3 heterocycles.